The van der Waals surface area contributed by atoms with Crippen molar-refractivity contribution in [1.82, 2.24) is 14.8 Å². The zero-order chi connectivity index (χ0) is 20.5. The third-order valence-electron chi connectivity index (χ3n) is 4.88. The van der Waals surface area contributed by atoms with E-state index in [0.717, 1.165) is 29.8 Å². The van der Waals surface area contributed by atoms with Crippen molar-refractivity contribution in [1.29, 1.82) is 0 Å². The van der Waals surface area contributed by atoms with Gasteiger partial charge in [-0.2, -0.15) is 0 Å². The van der Waals surface area contributed by atoms with E-state index in [0.29, 0.717) is 26.4 Å². The maximum Gasteiger partial charge on any atom is 0.262 e. The van der Waals surface area contributed by atoms with Crippen LogP contribution in [0, 0.1) is 5.82 Å². The molecule has 0 radical (unpaired) electrons. The van der Waals surface area contributed by atoms with E-state index in [4.69, 9.17) is 15.2 Å². The number of benzene rings is 1. The molecule has 2 aliphatic heterocycles. The van der Waals surface area contributed by atoms with Gasteiger partial charge >= 0.3 is 0 Å². The van der Waals surface area contributed by atoms with Crippen molar-refractivity contribution in [2.24, 2.45) is 0 Å². The molecule has 1 aromatic carbocycles. The number of amides is 2. The van der Waals surface area contributed by atoms with Gasteiger partial charge in [-0.3, -0.25) is 29.2 Å². The minimum atomic E-state index is -0.706. The average molecular weight is 402 g/mol. The van der Waals surface area contributed by atoms with Crippen molar-refractivity contribution in [2.75, 3.05) is 45.2 Å². The largest absolute Gasteiger partial charge is 0.490 e. The number of hydrogen-bond acceptors (Lipinski definition) is 7. The quantitative estimate of drug-likeness (QED) is 0.684. The molecule has 0 spiro atoms. The molecule has 152 valence electrons. The van der Waals surface area contributed by atoms with E-state index in [9.17, 15) is 18.8 Å². The number of nitrogens with one attached hydrogen (secondary N) is 1. The van der Waals surface area contributed by atoms with Gasteiger partial charge in [-0.25, -0.2) is 4.39 Å². The van der Waals surface area contributed by atoms with Crippen molar-refractivity contribution in [3.8, 4) is 11.4 Å². The minimum Gasteiger partial charge on any atom is -0.490 e. The topological polar surface area (TPSA) is 116 Å². The molecule has 3 N–H and O–H groups in total. The van der Waals surface area contributed by atoms with E-state index in [2.05, 4.69) is 10.2 Å². The molecule has 2 amide bonds. The fourth-order valence-corrected chi connectivity index (χ4v) is 3.42. The van der Waals surface area contributed by atoms with Gasteiger partial charge in [-0.1, -0.05) is 0 Å². The Hall–Kier alpha value is -3.24. The Kier molecular flexibility index (Phi) is 5.03. The van der Waals surface area contributed by atoms with Crippen LogP contribution >= 0.6 is 0 Å². The zero-order valence-electron chi connectivity index (χ0n) is 15.4. The number of pyridine rings is 1. The summed E-state index contributed by atoms with van der Waals surface area (Å²) in [7, 11) is 0. The third kappa shape index (κ3) is 3.59. The molecule has 1 saturated heterocycles. The first-order valence-corrected chi connectivity index (χ1v) is 9.10. The first-order chi connectivity index (χ1) is 14.0. The summed E-state index contributed by atoms with van der Waals surface area (Å²) in [6.45, 7) is 3.83. The molecule has 9 nitrogen and oxygen atoms in total. The minimum absolute atomic E-state index is 0.0597. The van der Waals surface area contributed by atoms with Gasteiger partial charge in [0.25, 0.3) is 17.4 Å². The summed E-state index contributed by atoms with van der Waals surface area (Å²) in [6, 6.07) is 4.71. The van der Waals surface area contributed by atoms with Gasteiger partial charge in [-0.15, -0.1) is 0 Å². The van der Waals surface area contributed by atoms with Crippen molar-refractivity contribution < 1.29 is 23.5 Å². The molecule has 0 aliphatic carbocycles. The van der Waals surface area contributed by atoms with Gasteiger partial charge in [0.2, 0.25) is 0 Å². The highest BCUT2D eigenvalue weighted by Crippen LogP contribution is 2.28. The highest BCUT2D eigenvalue weighted by Gasteiger charge is 2.32. The summed E-state index contributed by atoms with van der Waals surface area (Å²) < 4.78 is 26.0. The van der Waals surface area contributed by atoms with E-state index in [1.54, 1.807) is 0 Å². The van der Waals surface area contributed by atoms with E-state index < -0.39 is 23.2 Å². The summed E-state index contributed by atoms with van der Waals surface area (Å²) in [5.41, 5.74) is 5.21. The number of ether oxygens (including phenoxy) is 2. The standard InChI is InChI=1S/C19H19FN4O5/c20-11-1-2-14(29-8-5-23-3-6-28-7-4-23)13(9-11)24-15(25)10-12-16(17(24)21)19(27)22-18(12)26/h1-2,9-10H,3-8,21H2,(H,22,26,27). The number of nitrogens with zero attached hydrogens (tertiary/aromatic N) is 2. The monoisotopic (exact) mass is 402 g/mol. The first-order valence-electron chi connectivity index (χ1n) is 9.10. The van der Waals surface area contributed by atoms with E-state index in [1.807, 2.05) is 0 Å². The summed E-state index contributed by atoms with van der Waals surface area (Å²) in [6.07, 6.45) is 0. The molecule has 3 heterocycles. The number of fused-ring (bicyclic) bond motifs is 1. The molecule has 0 atom stereocenters. The lowest BCUT2D eigenvalue weighted by Crippen LogP contribution is -2.38. The lowest BCUT2D eigenvalue weighted by Gasteiger charge is -2.26. The van der Waals surface area contributed by atoms with E-state index in [-0.39, 0.29) is 28.4 Å². The molecular weight excluding hydrogens is 383 g/mol. The molecule has 2 aliphatic rings. The lowest BCUT2D eigenvalue weighted by molar-refractivity contribution is 0.0322. The lowest BCUT2D eigenvalue weighted by atomic mass is 10.1. The Morgan fingerprint density at radius 3 is 2.66 bits per heavy atom. The SMILES string of the molecule is Nc1c2c(cc(=O)n1-c1cc(F)ccc1OCCN1CCOCC1)C(=O)NC2=O. The van der Waals surface area contributed by atoms with Crippen molar-refractivity contribution in [3.63, 3.8) is 0 Å². The number of nitrogens with two attached hydrogens (primary N) is 1. The van der Waals surface area contributed by atoms with Gasteiger partial charge < -0.3 is 15.2 Å². The Morgan fingerprint density at radius 1 is 1.14 bits per heavy atom. The van der Waals surface area contributed by atoms with Crippen molar-refractivity contribution in [2.45, 2.75) is 0 Å². The number of carbonyl (C=O) groups excluding carboxylic acids is 2. The van der Waals surface area contributed by atoms with Crippen LogP contribution in [0.4, 0.5) is 10.2 Å². The second-order valence-electron chi connectivity index (χ2n) is 6.69. The van der Waals surface area contributed by atoms with Crippen LogP contribution in [0.15, 0.2) is 29.1 Å². The van der Waals surface area contributed by atoms with Crippen LogP contribution < -0.4 is 21.3 Å². The molecule has 29 heavy (non-hydrogen) atoms. The van der Waals surface area contributed by atoms with Crippen LogP contribution in [0.1, 0.15) is 20.7 Å². The number of morpholine rings is 1. The number of hydrogen-bond donors (Lipinski definition) is 2. The molecule has 1 fully saturated rings. The zero-order valence-corrected chi connectivity index (χ0v) is 15.4. The molecule has 0 bridgehead atoms. The molecule has 2 aromatic rings. The normalized spacial score (nSPS) is 16.6. The third-order valence-corrected chi connectivity index (χ3v) is 4.88. The second kappa shape index (κ2) is 7.64. The maximum absolute atomic E-state index is 14.0. The van der Waals surface area contributed by atoms with Crippen LogP contribution in [0.5, 0.6) is 5.75 Å². The number of carbonyl (C=O) groups is 2. The maximum atomic E-state index is 14.0. The molecule has 4 rings (SSSR count). The van der Waals surface area contributed by atoms with Crippen molar-refractivity contribution in [3.05, 3.63) is 51.6 Å². The second-order valence-corrected chi connectivity index (χ2v) is 6.69. The average Bonchev–Trinajstić information content (AvgIpc) is 2.98. The first kappa shape index (κ1) is 19.1. The number of halogens is 1. The summed E-state index contributed by atoms with van der Waals surface area (Å²) in [4.78, 5) is 38.6. The summed E-state index contributed by atoms with van der Waals surface area (Å²) in [5.74, 6) is -2.02. The van der Waals surface area contributed by atoms with Crippen LogP contribution in [0.3, 0.4) is 0 Å². The predicted octanol–water partition coefficient (Wildman–Crippen LogP) is 0.153. The molecule has 1 aromatic heterocycles. The number of anilines is 1. The highest BCUT2D eigenvalue weighted by molar-refractivity contribution is 6.23. The Morgan fingerprint density at radius 2 is 1.90 bits per heavy atom. The van der Waals surface area contributed by atoms with Gasteiger partial charge in [-0.05, 0) is 12.1 Å². The van der Waals surface area contributed by atoms with Gasteiger partial charge in [0, 0.05) is 31.8 Å². The van der Waals surface area contributed by atoms with E-state index >= 15 is 0 Å². The number of aromatic nitrogens is 1. The molecule has 10 heteroatoms. The fourth-order valence-electron chi connectivity index (χ4n) is 3.42. The summed E-state index contributed by atoms with van der Waals surface area (Å²) in [5, 5.41) is 2.09. The van der Waals surface area contributed by atoms with Gasteiger partial charge in [0.15, 0.2) is 0 Å². The Balaban J connectivity index is 1.67. The van der Waals surface area contributed by atoms with E-state index in [1.165, 1.54) is 12.1 Å². The van der Waals surface area contributed by atoms with Crippen LogP contribution in [0.2, 0.25) is 0 Å². The molecular formula is C19H19FN4O5. The van der Waals surface area contributed by atoms with Crippen LogP contribution in [-0.2, 0) is 4.74 Å². The number of imide groups is 1. The summed E-state index contributed by atoms with van der Waals surface area (Å²) >= 11 is 0. The number of rotatable bonds is 5. The highest BCUT2D eigenvalue weighted by atomic mass is 19.1. The number of nitrogen functional groups attached to an aromatic ring is 1. The Labute approximate surface area is 164 Å². The molecule has 0 unspecified atom stereocenters. The van der Waals surface area contributed by atoms with Gasteiger partial charge in [0.05, 0.1) is 30.0 Å². The molecule has 0 saturated carbocycles. The Bertz CT molecular complexity index is 1050. The van der Waals surface area contributed by atoms with Gasteiger partial charge in [0.1, 0.15) is 24.0 Å². The fraction of sp³-hybridized carbons (Fsp3) is 0.316. The smallest absolute Gasteiger partial charge is 0.262 e. The predicted molar refractivity (Wildman–Crippen MR) is 101 cm³/mol. The van der Waals surface area contributed by atoms with Crippen LogP contribution in [-0.4, -0.2) is 60.7 Å². The van der Waals surface area contributed by atoms with Crippen molar-refractivity contribution >= 4 is 17.6 Å². The van der Waals surface area contributed by atoms with Crippen LogP contribution in [0.25, 0.3) is 5.69 Å².